The van der Waals surface area contributed by atoms with Crippen molar-refractivity contribution in [3.05, 3.63) is 35.5 Å². The molecule has 2 N–H and O–H groups in total. The summed E-state index contributed by atoms with van der Waals surface area (Å²) in [6.07, 6.45) is 5.43. The van der Waals surface area contributed by atoms with Gasteiger partial charge in [0.05, 0.1) is 5.52 Å². The van der Waals surface area contributed by atoms with Gasteiger partial charge in [-0.2, -0.15) is 0 Å². The van der Waals surface area contributed by atoms with E-state index in [1.165, 1.54) is 22.2 Å². The summed E-state index contributed by atoms with van der Waals surface area (Å²) in [6, 6.07) is 6.15. The molecule has 0 saturated carbocycles. The maximum absolute atomic E-state index is 6.12. The van der Waals surface area contributed by atoms with Gasteiger partial charge in [0.15, 0.2) is 0 Å². The third-order valence-electron chi connectivity index (χ3n) is 3.27. The van der Waals surface area contributed by atoms with Gasteiger partial charge in [-0.1, -0.05) is 25.1 Å². The molecule has 0 unspecified atom stereocenters. The summed E-state index contributed by atoms with van der Waals surface area (Å²) in [4.78, 5) is 0. The van der Waals surface area contributed by atoms with Crippen LogP contribution in [0.2, 0.25) is 0 Å². The highest BCUT2D eigenvalue weighted by Crippen LogP contribution is 2.31. The normalized spacial score (nSPS) is 11.7. The average molecular weight is 228 g/mol. The highest BCUT2D eigenvalue weighted by molar-refractivity contribution is 5.99. The lowest BCUT2D eigenvalue weighted by molar-refractivity contribution is 0.769. The lowest BCUT2D eigenvalue weighted by atomic mass is 10.1. The first-order chi connectivity index (χ1) is 8.20. The number of anilines is 1. The maximum atomic E-state index is 6.12. The van der Waals surface area contributed by atoms with E-state index in [1.54, 1.807) is 0 Å². The van der Waals surface area contributed by atoms with Gasteiger partial charge in [0, 0.05) is 28.9 Å². The number of hydrogen-bond donors (Lipinski definition) is 1. The topological polar surface area (TPSA) is 30.9 Å². The Morgan fingerprint density at radius 2 is 2.06 bits per heavy atom. The molecule has 0 atom stereocenters. The SMILES string of the molecule is CC/C=C\c1c(C)n(CC)c2cccc(N)c12. The van der Waals surface area contributed by atoms with E-state index < -0.39 is 0 Å². The minimum atomic E-state index is 0.869. The minimum absolute atomic E-state index is 0.869. The van der Waals surface area contributed by atoms with Crippen LogP contribution in [0.15, 0.2) is 24.3 Å². The maximum Gasteiger partial charge on any atom is 0.0509 e. The zero-order valence-corrected chi connectivity index (χ0v) is 10.8. The molecule has 1 aromatic heterocycles. The molecule has 0 amide bonds. The monoisotopic (exact) mass is 228 g/mol. The van der Waals surface area contributed by atoms with Gasteiger partial charge < -0.3 is 10.3 Å². The van der Waals surface area contributed by atoms with Gasteiger partial charge in [0.25, 0.3) is 0 Å². The van der Waals surface area contributed by atoms with Crippen LogP contribution < -0.4 is 5.73 Å². The van der Waals surface area contributed by atoms with Crippen LogP contribution in [-0.2, 0) is 6.54 Å². The van der Waals surface area contributed by atoms with Crippen molar-refractivity contribution in [2.24, 2.45) is 0 Å². The summed E-state index contributed by atoms with van der Waals surface area (Å²) in [5, 5.41) is 1.19. The molecule has 90 valence electrons. The van der Waals surface area contributed by atoms with Crippen molar-refractivity contribution in [1.82, 2.24) is 4.57 Å². The summed E-state index contributed by atoms with van der Waals surface area (Å²) < 4.78 is 2.32. The quantitative estimate of drug-likeness (QED) is 0.792. The van der Waals surface area contributed by atoms with Gasteiger partial charge in [-0.3, -0.25) is 0 Å². The lowest BCUT2D eigenvalue weighted by Gasteiger charge is -2.03. The smallest absolute Gasteiger partial charge is 0.0509 e. The van der Waals surface area contributed by atoms with E-state index in [1.807, 2.05) is 12.1 Å². The Kier molecular flexibility index (Phi) is 3.23. The molecule has 0 aliphatic carbocycles. The first-order valence-electron chi connectivity index (χ1n) is 6.24. The molecule has 1 aromatic carbocycles. The molecule has 0 bridgehead atoms. The predicted molar refractivity (Wildman–Crippen MR) is 76.1 cm³/mol. The van der Waals surface area contributed by atoms with Crippen molar-refractivity contribution < 1.29 is 0 Å². The number of aryl methyl sites for hydroxylation is 1. The van der Waals surface area contributed by atoms with Crippen LogP contribution in [0.3, 0.4) is 0 Å². The van der Waals surface area contributed by atoms with Crippen LogP contribution >= 0.6 is 0 Å². The number of nitrogens with zero attached hydrogens (tertiary/aromatic N) is 1. The fraction of sp³-hybridized carbons (Fsp3) is 0.333. The molecule has 0 spiro atoms. The standard InChI is InChI=1S/C15H20N2/c1-4-6-8-12-11(3)17(5-2)14-10-7-9-13(16)15(12)14/h6-10H,4-5,16H2,1-3H3/b8-6-. The second-order valence-electron chi connectivity index (χ2n) is 4.30. The fourth-order valence-corrected chi connectivity index (χ4v) is 2.43. The van der Waals surface area contributed by atoms with Gasteiger partial charge in [0.2, 0.25) is 0 Å². The van der Waals surface area contributed by atoms with Crippen molar-refractivity contribution >= 4 is 22.7 Å². The number of benzene rings is 1. The molecular formula is C15H20N2. The number of hydrogen-bond acceptors (Lipinski definition) is 1. The van der Waals surface area contributed by atoms with Crippen LogP contribution in [0, 0.1) is 6.92 Å². The third-order valence-corrected chi connectivity index (χ3v) is 3.27. The second-order valence-corrected chi connectivity index (χ2v) is 4.30. The number of allylic oxidation sites excluding steroid dienone is 1. The largest absolute Gasteiger partial charge is 0.398 e. The third kappa shape index (κ3) is 1.84. The highest BCUT2D eigenvalue weighted by atomic mass is 15.0. The molecule has 1 heterocycles. The van der Waals surface area contributed by atoms with Crippen LogP contribution in [-0.4, -0.2) is 4.57 Å². The Morgan fingerprint density at radius 1 is 1.29 bits per heavy atom. The first kappa shape index (κ1) is 11.8. The van der Waals surface area contributed by atoms with Gasteiger partial charge in [0.1, 0.15) is 0 Å². The molecule has 17 heavy (non-hydrogen) atoms. The summed E-state index contributed by atoms with van der Waals surface area (Å²) in [5.74, 6) is 0. The van der Waals surface area contributed by atoms with E-state index in [0.717, 1.165) is 18.7 Å². The minimum Gasteiger partial charge on any atom is -0.398 e. The second kappa shape index (κ2) is 4.66. The Labute approximate surface area is 103 Å². The lowest BCUT2D eigenvalue weighted by Crippen LogP contribution is -1.96. The zero-order valence-electron chi connectivity index (χ0n) is 10.8. The number of nitrogens with two attached hydrogens (primary N) is 1. The highest BCUT2D eigenvalue weighted by Gasteiger charge is 2.12. The Bertz CT molecular complexity index is 562. The van der Waals surface area contributed by atoms with E-state index in [2.05, 4.69) is 43.6 Å². The molecular weight excluding hydrogens is 208 g/mol. The summed E-state index contributed by atoms with van der Waals surface area (Å²) in [7, 11) is 0. The Balaban J connectivity index is 2.81. The van der Waals surface area contributed by atoms with Crippen molar-refractivity contribution in [1.29, 1.82) is 0 Å². The molecule has 0 aliphatic rings. The average Bonchev–Trinajstić information content (AvgIpc) is 2.60. The van der Waals surface area contributed by atoms with Crippen LogP contribution in [0.1, 0.15) is 31.5 Å². The van der Waals surface area contributed by atoms with Crippen molar-refractivity contribution in [3.63, 3.8) is 0 Å². The van der Waals surface area contributed by atoms with Gasteiger partial charge in [-0.25, -0.2) is 0 Å². The summed E-state index contributed by atoms with van der Waals surface area (Å²) >= 11 is 0. The first-order valence-corrected chi connectivity index (χ1v) is 6.24. The summed E-state index contributed by atoms with van der Waals surface area (Å²) in [6.45, 7) is 7.46. The molecule has 0 fully saturated rings. The summed E-state index contributed by atoms with van der Waals surface area (Å²) in [5.41, 5.74) is 10.8. The molecule has 2 aromatic rings. The molecule has 2 heteroatoms. The molecule has 0 aliphatic heterocycles. The van der Waals surface area contributed by atoms with Gasteiger partial charge in [-0.15, -0.1) is 0 Å². The number of fused-ring (bicyclic) bond motifs is 1. The number of nitrogen functional groups attached to an aromatic ring is 1. The molecule has 0 saturated heterocycles. The molecule has 0 radical (unpaired) electrons. The number of rotatable bonds is 3. The zero-order chi connectivity index (χ0) is 12.4. The van der Waals surface area contributed by atoms with E-state index in [0.29, 0.717) is 0 Å². The van der Waals surface area contributed by atoms with E-state index in [9.17, 15) is 0 Å². The van der Waals surface area contributed by atoms with Crippen molar-refractivity contribution in [3.8, 4) is 0 Å². The van der Waals surface area contributed by atoms with Crippen LogP contribution in [0.25, 0.3) is 17.0 Å². The number of aromatic nitrogens is 1. The van der Waals surface area contributed by atoms with Crippen LogP contribution in [0.5, 0.6) is 0 Å². The molecule has 2 rings (SSSR count). The van der Waals surface area contributed by atoms with E-state index in [4.69, 9.17) is 5.73 Å². The molecule has 2 nitrogen and oxygen atoms in total. The van der Waals surface area contributed by atoms with Gasteiger partial charge in [-0.05, 0) is 32.4 Å². The Morgan fingerprint density at radius 3 is 2.71 bits per heavy atom. The van der Waals surface area contributed by atoms with E-state index in [-0.39, 0.29) is 0 Å². The Hall–Kier alpha value is -1.70. The van der Waals surface area contributed by atoms with Crippen molar-refractivity contribution in [2.45, 2.75) is 33.7 Å². The predicted octanol–water partition coefficient (Wildman–Crippen LogP) is 3.98. The van der Waals surface area contributed by atoms with E-state index >= 15 is 0 Å². The van der Waals surface area contributed by atoms with Crippen LogP contribution in [0.4, 0.5) is 5.69 Å². The van der Waals surface area contributed by atoms with Crippen molar-refractivity contribution in [2.75, 3.05) is 5.73 Å². The fourth-order valence-electron chi connectivity index (χ4n) is 2.43. The van der Waals surface area contributed by atoms with Gasteiger partial charge >= 0.3 is 0 Å².